The molecule has 0 spiro atoms. The van der Waals surface area contributed by atoms with Gasteiger partial charge in [0, 0.05) is 35.9 Å². The van der Waals surface area contributed by atoms with Crippen molar-refractivity contribution in [2.24, 2.45) is 0 Å². The summed E-state index contributed by atoms with van der Waals surface area (Å²) in [5.41, 5.74) is 6.17. The third-order valence-corrected chi connectivity index (χ3v) is 4.62. The Hall–Kier alpha value is -2.52. The highest BCUT2D eigenvalue weighted by molar-refractivity contribution is 5.51. The maximum absolute atomic E-state index is 6.04. The molecule has 0 amide bonds. The van der Waals surface area contributed by atoms with Crippen LogP contribution >= 0.6 is 0 Å². The highest BCUT2D eigenvalue weighted by Crippen LogP contribution is 2.33. The lowest BCUT2D eigenvalue weighted by atomic mass is 10.2. The molecule has 2 aromatic carbocycles. The molecule has 24 heavy (non-hydrogen) atoms. The van der Waals surface area contributed by atoms with Crippen LogP contribution in [0, 0.1) is 13.8 Å². The van der Waals surface area contributed by atoms with Crippen molar-refractivity contribution < 1.29 is 4.74 Å². The topological polar surface area (TPSA) is 17.4 Å². The van der Waals surface area contributed by atoms with E-state index in [9.17, 15) is 0 Å². The van der Waals surface area contributed by atoms with E-state index in [1.807, 2.05) is 0 Å². The smallest absolute Gasteiger partial charge is 0.158 e. The van der Waals surface area contributed by atoms with Gasteiger partial charge in [0.15, 0.2) is 6.23 Å². The molecule has 1 aliphatic rings. The highest BCUT2D eigenvalue weighted by Gasteiger charge is 2.28. The quantitative estimate of drug-likeness (QED) is 0.700. The zero-order valence-electron chi connectivity index (χ0n) is 14.1. The Balaban J connectivity index is 1.65. The van der Waals surface area contributed by atoms with Gasteiger partial charge in [-0.05, 0) is 49.2 Å². The van der Waals surface area contributed by atoms with Gasteiger partial charge in [-0.2, -0.15) is 0 Å². The third-order valence-electron chi connectivity index (χ3n) is 4.62. The monoisotopic (exact) mass is 318 g/mol. The van der Waals surface area contributed by atoms with Crippen LogP contribution in [0.25, 0.3) is 5.69 Å². The van der Waals surface area contributed by atoms with Crippen LogP contribution in [-0.4, -0.2) is 17.7 Å². The lowest BCUT2D eigenvalue weighted by Crippen LogP contribution is -2.23. The average molecular weight is 318 g/mol. The number of hydrogen-bond donors (Lipinski definition) is 0. The first-order valence-corrected chi connectivity index (χ1v) is 8.41. The van der Waals surface area contributed by atoms with Crippen molar-refractivity contribution >= 4 is 5.69 Å². The molecule has 0 unspecified atom stereocenters. The summed E-state index contributed by atoms with van der Waals surface area (Å²) in [4.78, 5) is 2.34. The Kier molecular flexibility index (Phi) is 3.87. The molecule has 122 valence electrons. The maximum Gasteiger partial charge on any atom is 0.158 e. The van der Waals surface area contributed by atoms with Crippen molar-refractivity contribution in [3.63, 3.8) is 0 Å². The van der Waals surface area contributed by atoms with Crippen LogP contribution in [0.1, 0.15) is 22.9 Å². The number of benzene rings is 2. The molecule has 1 aromatic heterocycles. The second-order valence-electron chi connectivity index (χ2n) is 6.39. The summed E-state index contributed by atoms with van der Waals surface area (Å²) in [6.07, 6.45) is 4.28. The molecule has 1 fully saturated rings. The first kappa shape index (κ1) is 15.0. The van der Waals surface area contributed by atoms with Gasteiger partial charge >= 0.3 is 0 Å². The van der Waals surface area contributed by atoms with Crippen molar-refractivity contribution in [1.82, 2.24) is 4.57 Å². The van der Waals surface area contributed by atoms with Gasteiger partial charge in [-0.1, -0.05) is 30.3 Å². The number of rotatable bonds is 3. The molecule has 4 rings (SSSR count). The number of aromatic nitrogens is 1. The Labute approximate surface area is 143 Å². The minimum Gasteiger partial charge on any atom is -0.352 e. The van der Waals surface area contributed by atoms with Crippen LogP contribution in [0.15, 0.2) is 67.0 Å². The molecule has 0 saturated carbocycles. The number of hydrogen-bond acceptors (Lipinski definition) is 2. The molecule has 3 nitrogen and oxygen atoms in total. The average Bonchev–Trinajstić information content (AvgIpc) is 3.24. The summed E-state index contributed by atoms with van der Waals surface area (Å²) in [5.74, 6) is 0. The van der Waals surface area contributed by atoms with E-state index in [1.54, 1.807) is 0 Å². The van der Waals surface area contributed by atoms with E-state index in [0.29, 0.717) is 0 Å². The molecule has 3 aromatic rings. The van der Waals surface area contributed by atoms with E-state index in [0.717, 1.165) is 13.2 Å². The molecule has 0 N–H and O–H groups in total. The molecule has 1 saturated heterocycles. The van der Waals surface area contributed by atoms with Gasteiger partial charge in [0.05, 0.1) is 6.61 Å². The van der Waals surface area contributed by atoms with E-state index in [-0.39, 0.29) is 6.23 Å². The number of aryl methyl sites for hydroxylation is 2. The molecular formula is C21H22N2O. The molecule has 1 atom stereocenters. The first-order valence-electron chi connectivity index (χ1n) is 8.41. The third kappa shape index (κ3) is 2.72. The Morgan fingerprint density at radius 1 is 1.00 bits per heavy atom. The Bertz CT molecular complexity index is 852. The first-order chi connectivity index (χ1) is 11.7. The van der Waals surface area contributed by atoms with Crippen LogP contribution in [0.5, 0.6) is 0 Å². The van der Waals surface area contributed by atoms with Crippen LogP contribution < -0.4 is 4.90 Å². The standard InChI is InChI=1S/C21H22N2O/c1-16-6-5-8-19(14-16)23-12-13-24-21(23)18-10-11-22(15-18)20-9-4-3-7-17(20)2/h3-11,14-15,21H,12-13H2,1-2H3/t21-/m0/s1. The number of nitrogens with zero attached hydrogens (tertiary/aromatic N) is 2. The second kappa shape index (κ2) is 6.17. The largest absolute Gasteiger partial charge is 0.352 e. The maximum atomic E-state index is 6.04. The zero-order chi connectivity index (χ0) is 16.5. The van der Waals surface area contributed by atoms with Crippen LogP contribution in [0.2, 0.25) is 0 Å². The van der Waals surface area contributed by atoms with Crippen molar-refractivity contribution in [3.05, 3.63) is 83.7 Å². The van der Waals surface area contributed by atoms with Gasteiger partial charge in [-0.25, -0.2) is 0 Å². The predicted octanol–water partition coefficient (Wildman–Crippen LogP) is 4.63. The summed E-state index contributed by atoms with van der Waals surface area (Å²) < 4.78 is 8.22. The van der Waals surface area contributed by atoms with Gasteiger partial charge in [-0.3, -0.25) is 0 Å². The van der Waals surface area contributed by atoms with Crippen molar-refractivity contribution in [3.8, 4) is 5.69 Å². The van der Waals surface area contributed by atoms with Gasteiger partial charge in [0.25, 0.3) is 0 Å². The molecule has 1 aliphatic heterocycles. The summed E-state index contributed by atoms with van der Waals surface area (Å²) in [6, 6.07) is 19.2. The van der Waals surface area contributed by atoms with E-state index >= 15 is 0 Å². The fraction of sp³-hybridized carbons (Fsp3) is 0.238. The van der Waals surface area contributed by atoms with Crippen molar-refractivity contribution in [2.45, 2.75) is 20.1 Å². The van der Waals surface area contributed by atoms with Crippen molar-refractivity contribution in [1.29, 1.82) is 0 Å². The van der Waals surface area contributed by atoms with E-state index in [1.165, 1.54) is 28.1 Å². The summed E-state index contributed by atoms with van der Waals surface area (Å²) >= 11 is 0. The number of anilines is 1. The lowest BCUT2D eigenvalue weighted by Gasteiger charge is -2.25. The fourth-order valence-corrected chi connectivity index (χ4v) is 3.38. The SMILES string of the molecule is Cc1cccc(N2CCO[C@H]2c2ccn(-c3ccccc3C)c2)c1. The zero-order valence-corrected chi connectivity index (χ0v) is 14.1. The van der Waals surface area contributed by atoms with Crippen molar-refractivity contribution in [2.75, 3.05) is 18.1 Å². The normalized spacial score (nSPS) is 17.4. The van der Waals surface area contributed by atoms with Gasteiger partial charge < -0.3 is 14.2 Å². The molecule has 0 aliphatic carbocycles. The van der Waals surface area contributed by atoms with E-state index in [4.69, 9.17) is 4.74 Å². The molecule has 0 radical (unpaired) electrons. The van der Waals surface area contributed by atoms with Crippen LogP contribution in [0.4, 0.5) is 5.69 Å². The summed E-state index contributed by atoms with van der Waals surface area (Å²) in [5, 5.41) is 0. The molecule has 0 bridgehead atoms. The highest BCUT2D eigenvalue weighted by atomic mass is 16.5. The van der Waals surface area contributed by atoms with Gasteiger partial charge in [-0.15, -0.1) is 0 Å². The van der Waals surface area contributed by atoms with Crippen LogP contribution in [-0.2, 0) is 4.74 Å². The number of para-hydroxylation sites is 1. The Morgan fingerprint density at radius 3 is 2.71 bits per heavy atom. The number of ether oxygens (including phenoxy) is 1. The molecule has 2 heterocycles. The molecule has 3 heteroatoms. The van der Waals surface area contributed by atoms with Gasteiger partial charge in [0.1, 0.15) is 0 Å². The summed E-state index contributed by atoms with van der Waals surface area (Å²) in [7, 11) is 0. The molecular weight excluding hydrogens is 296 g/mol. The van der Waals surface area contributed by atoms with Gasteiger partial charge in [0.2, 0.25) is 0 Å². The lowest BCUT2D eigenvalue weighted by molar-refractivity contribution is 0.114. The summed E-state index contributed by atoms with van der Waals surface area (Å²) in [6.45, 7) is 5.95. The predicted molar refractivity (Wildman–Crippen MR) is 97.7 cm³/mol. The minimum atomic E-state index is -0.0166. The fourth-order valence-electron chi connectivity index (χ4n) is 3.38. The van der Waals surface area contributed by atoms with E-state index < -0.39 is 0 Å². The minimum absolute atomic E-state index is 0.0166. The van der Waals surface area contributed by atoms with E-state index in [2.05, 4.69) is 90.3 Å². The van der Waals surface area contributed by atoms with Crippen LogP contribution in [0.3, 0.4) is 0 Å². The Morgan fingerprint density at radius 2 is 1.88 bits per heavy atom. The second-order valence-corrected chi connectivity index (χ2v) is 6.39.